The number of nitrogens with one attached hydrogen (secondary N) is 1. The van der Waals surface area contributed by atoms with Crippen LogP contribution in [0.5, 0.6) is 0 Å². The Labute approximate surface area is 219 Å². The minimum atomic E-state index is -4.53. The standard InChI is InChI=1S/C25H24F4N6O2S/c1-14-11-38-12-16(14)24(36)30-9-22-32-23(33-37-22)21-8-15-18(31-19-6-7-34(2)10-17(19)26)4-3-5-20(15)35(21)13-25(27,28)29/h3-5,8,11-12,17H,6-7,9-10,13H2,1-2H3,(H,30,36)/b31-19+/t17-/m0/s1. The molecule has 4 heterocycles. The lowest BCUT2D eigenvalue weighted by Crippen LogP contribution is -2.39. The highest BCUT2D eigenvalue weighted by molar-refractivity contribution is 7.08. The summed E-state index contributed by atoms with van der Waals surface area (Å²) in [6.07, 6.45) is -5.36. The van der Waals surface area contributed by atoms with Crippen molar-refractivity contribution >= 4 is 39.5 Å². The van der Waals surface area contributed by atoms with Gasteiger partial charge < -0.3 is 19.3 Å². The van der Waals surface area contributed by atoms with Gasteiger partial charge in [-0.2, -0.15) is 29.5 Å². The molecule has 1 aliphatic rings. The zero-order chi connectivity index (χ0) is 27.0. The van der Waals surface area contributed by atoms with Crippen LogP contribution in [0, 0.1) is 6.92 Å². The molecule has 0 aliphatic carbocycles. The molecule has 1 aromatic carbocycles. The molecule has 200 valence electrons. The van der Waals surface area contributed by atoms with Crippen molar-refractivity contribution in [3.63, 3.8) is 0 Å². The van der Waals surface area contributed by atoms with E-state index in [2.05, 4.69) is 20.4 Å². The van der Waals surface area contributed by atoms with Gasteiger partial charge in [-0.1, -0.05) is 11.2 Å². The number of thiophene rings is 1. The van der Waals surface area contributed by atoms with Crippen LogP contribution in [0.2, 0.25) is 0 Å². The van der Waals surface area contributed by atoms with Gasteiger partial charge in [-0.05, 0) is 43.1 Å². The molecule has 0 unspecified atom stereocenters. The number of carbonyl (C=O) groups excluding carboxylic acids is 1. The molecule has 1 atom stereocenters. The predicted molar refractivity (Wildman–Crippen MR) is 136 cm³/mol. The third-order valence-electron chi connectivity index (χ3n) is 6.30. The lowest BCUT2D eigenvalue weighted by molar-refractivity contribution is -0.139. The third kappa shape index (κ3) is 5.48. The van der Waals surface area contributed by atoms with Crippen LogP contribution in [0.25, 0.3) is 22.4 Å². The number of benzene rings is 1. The van der Waals surface area contributed by atoms with Gasteiger partial charge in [0.05, 0.1) is 34.7 Å². The molecule has 0 spiro atoms. The summed E-state index contributed by atoms with van der Waals surface area (Å²) in [5.74, 6) is -0.349. The maximum absolute atomic E-state index is 14.6. The highest BCUT2D eigenvalue weighted by Crippen LogP contribution is 2.35. The van der Waals surface area contributed by atoms with Crippen molar-refractivity contribution in [2.24, 2.45) is 4.99 Å². The number of hydrogen-bond acceptors (Lipinski definition) is 7. The second-order valence-electron chi connectivity index (χ2n) is 9.19. The number of aliphatic imine (C=N–C) groups is 1. The Morgan fingerprint density at radius 1 is 1.32 bits per heavy atom. The maximum Gasteiger partial charge on any atom is 0.406 e. The van der Waals surface area contributed by atoms with E-state index in [4.69, 9.17) is 4.52 Å². The summed E-state index contributed by atoms with van der Waals surface area (Å²) in [5, 5.41) is 10.5. The summed E-state index contributed by atoms with van der Waals surface area (Å²) in [5.41, 5.74) is 2.41. The van der Waals surface area contributed by atoms with E-state index < -0.39 is 18.9 Å². The van der Waals surface area contributed by atoms with Crippen LogP contribution in [0.3, 0.4) is 0 Å². The van der Waals surface area contributed by atoms with E-state index in [-0.39, 0.29) is 41.9 Å². The molecule has 0 bridgehead atoms. The Bertz CT molecular complexity index is 1510. The van der Waals surface area contributed by atoms with E-state index in [1.54, 1.807) is 23.6 Å². The van der Waals surface area contributed by atoms with Crippen LogP contribution in [0.1, 0.15) is 28.2 Å². The average molecular weight is 549 g/mol. The fraction of sp³-hybridized carbons (Fsp3) is 0.360. The Balaban J connectivity index is 1.48. The SMILES string of the molecule is Cc1cscc1C(=O)NCc1nc(-c2cc3c(/N=C4\CCN(C)C[C@@H]4F)cccc3n2CC(F)(F)F)no1. The lowest BCUT2D eigenvalue weighted by atomic mass is 10.1. The second-order valence-corrected chi connectivity index (χ2v) is 9.93. The van der Waals surface area contributed by atoms with Crippen molar-refractivity contribution in [1.82, 2.24) is 24.9 Å². The predicted octanol–water partition coefficient (Wildman–Crippen LogP) is 5.30. The van der Waals surface area contributed by atoms with Gasteiger partial charge in [0.25, 0.3) is 5.91 Å². The van der Waals surface area contributed by atoms with E-state index in [0.717, 1.165) is 10.1 Å². The van der Waals surface area contributed by atoms with Gasteiger partial charge in [0.2, 0.25) is 11.7 Å². The van der Waals surface area contributed by atoms with Gasteiger partial charge in [-0.25, -0.2) is 4.39 Å². The Hall–Kier alpha value is -3.58. The van der Waals surface area contributed by atoms with Gasteiger partial charge in [0.15, 0.2) is 6.17 Å². The van der Waals surface area contributed by atoms with Crippen LogP contribution < -0.4 is 5.32 Å². The van der Waals surface area contributed by atoms with Crippen LogP contribution in [0.15, 0.2) is 44.5 Å². The van der Waals surface area contributed by atoms with Gasteiger partial charge in [0.1, 0.15) is 6.54 Å². The largest absolute Gasteiger partial charge is 0.406 e. The molecule has 0 radical (unpaired) electrons. The van der Waals surface area contributed by atoms with Gasteiger partial charge in [-0.3, -0.25) is 9.79 Å². The minimum absolute atomic E-state index is 0.0390. The molecule has 1 fully saturated rings. The van der Waals surface area contributed by atoms with E-state index in [0.29, 0.717) is 35.3 Å². The van der Waals surface area contributed by atoms with Crippen LogP contribution in [-0.2, 0) is 13.1 Å². The summed E-state index contributed by atoms with van der Waals surface area (Å²) >= 11 is 1.40. The molecule has 8 nitrogen and oxygen atoms in total. The number of rotatable bonds is 6. The number of alkyl halides is 4. The van der Waals surface area contributed by atoms with E-state index in [9.17, 15) is 22.4 Å². The van der Waals surface area contributed by atoms with Crippen molar-refractivity contribution in [3.8, 4) is 11.5 Å². The number of hydrogen-bond donors (Lipinski definition) is 1. The number of fused-ring (bicyclic) bond motifs is 1. The van der Waals surface area contributed by atoms with Crippen molar-refractivity contribution in [3.05, 3.63) is 52.0 Å². The Morgan fingerprint density at radius 2 is 2.13 bits per heavy atom. The first-order valence-electron chi connectivity index (χ1n) is 11.8. The topological polar surface area (TPSA) is 88.5 Å². The molecule has 5 rings (SSSR count). The fourth-order valence-corrected chi connectivity index (χ4v) is 5.22. The van der Waals surface area contributed by atoms with Gasteiger partial charge in [0, 0.05) is 30.3 Å². The molecule has 4 aromatic rings. The normalized spacial score (nSPS) is 17.9. The molecule has 1 aliphatic heterocycles. The average Bonchev–Trinajstić information content (AvgIpc) is 3.58. The number of carbonyl (C=O) groups is 1. The first-order chi connectivity index (χ1) is 18.1. The van der Waals surface area contributed by atoms with Crippen molar-refractivity contribution in [1.29, 1.82) is 0 Å². The molecule has 38 heavy (non-hydrogen) atoms. The summed E-state index contributed by atoms with van der Waals surface area (Å²) < 4.78 is 61.6. The molecular weight excluding hydrogens is 524 g/mol. The zero-order valence-corrected chi connectivity index (χ0v) is 21.4. The molecular formula is C25H24F4N6O2S. The third-order valence-corrected chi connectivity index (χ3v) is 7.17. The Morgan fingerprint density at radius 3 is 2.84 bits per heavy atom. The molecule has 1 saturated heterocycles. The number of amides is 1. The van der Waals surface area contributed by atoms with Crippen LogP contribution in [0.4, 0.5) is 23.2 Å². The summed E-state index contributed by atoms with van der Waals surface area (Å²) in [6, 6.07) is 6.28. The first kappa shape index (κ1) is 26.0. The van der Waals surface area contributed by atoms with Crippen LogP contribution in [-0.4, -0.2) is 63.7 Å². The van der Waals surface area contributed by atoms with Gasteiger partial charge >= 0.3 is 6.18 Å². The number of halogens is 4. The number of aromatic nitrogens is 3. The van der Waals surface area contributed by atoms with E-state index in [1.807, 2.05) is 24.3 Å². The first-order valence-corrected chi connectivity index (χ1v) is 12.8. The molecule has 0 saturated carbocycles. The smallest absolute Gasteiger partial charge is 0.343 e. The molecule has 1 N–H and O–H groups in total. The number of piperidine rings is 1. The van der Waals surface area contributed by atoms with Crippen molar-refractivity contribution in [2.45, 2.75) is 38.8 Å². The number of aryl methyl sites for hydroxylation is 1. The zero-order valence-electron chi connectivity index (χ0n) is 20.5. The maximum atomic E-state index is 14.6. The number of likely N-dealkylation sites (tertiary alicyclic amines) is 1. The highest BCUT2D eigenvalue weighted by Gasteiger charge is 2.31. The minimum Gasteiger partial charge on any atom is -0.343 e. The summed E-state index contributed by atoms with van der Waals surface area (Å²) in [7, 11) is 1.82. The number of nitrogens with zero attached hydrogens (tertiary/aromatic N) is 5. The van der Waals surface area contributed by atoms with E-state index in [1.165, 1.54) is 17.4 Å². The van der Waals surface area contributed by atoms with Crippen LogP contribution >= 0.6 is 11.3 Å². The molecule has 1 amide bonds. The highest BCUT2D eigenvalue weighted by atomic mass is 32.1. The monoisotopic (exact) mass is 548 g/mol. The van der Waals surface area contributed by atoms with Crippen molar-refractivity contribution in [2.75, 3.05) is 20.1 Å². The molecule has 3 aromatic heterocycles. The fourth-order valence-electron chi connectivity index (χ4n) is 4.39. The van der Waals surface area contributed by atoms with E-state index >= 15 is 0 Å². The molecule has 13 heteroatoms. The summed E-state index contributed by atoms with van der Waals surface area (Å²) in [6.45, 7) is 1.29. The second kappa shape index (κ2) is 10.3. The van der Waals surface area contributed by atoms with Gasteiger partial charge in [-0.15, -0.1) is 0 Å². The summed E-state index contributed by atoms with van der Waals surface area (Å²) in [4.78, 5) is 23.0. The lowest BCUT2D eigenvalue weighted by Gasteiger charge is -2.26. The Kier molecular flexibility index (Phi) is 7.05. The quantitative estimate of drug-likeness (QED) is 0.331. The van der Waals surface area contributed by atoms with Crippen molar-refractivity contribution < 1.29 is 26.9 Å².